The number of aromatic amines is 1. The van der Waals surface area contributed by atoms with E-state index in [-0.39, 0.29) is 30.2 Å². The fourth-order valence-corrected chi connectivity index (χ4v) is 5.13. The minimum absolute atomic E-state index is 0.0398. The molecule has 0 saturated carbocycles. The smallest absolute Gasteiger partial charge is 0.407 e. The lowest BCUT2D eigenvalue weighted by Crippen LogP contribution is -2.46. The number of H-pyrrole nitrogens is 1. The molecule has 0 unspecified atom stereocenters. The molecule has 1 aromatic heterocycles. The van der Waals surface area contributed by atoms with Gasteiger partial charge in [0.25, 0.3) is 5.91 Å². The first-order valence-corrected chi connectivity index (χ1v) is 16.0. The van der Waals surface area contributed by atoms with Gasteiger partial charge in [0, 0.05) is 35.6 Å². The molecule has 5 N–H and O–H groups in total. The molecular formula is C37H43FN4O7. The van der Waals surface area contributed by atoms with Crippen molar-refractivity contribution in [1.29, 1.82) is 0 Å². The summed E-state index contributed by atoms with van der Waals surface area (Å²) in [7, 11) is 0. The van der Waals surface area contributed by atoms with Crippen molar-refractivity contribution in [3.05, 3.63) is 83.8 Å². The molecule has 0 radical (unpaired) electrons. The first kappa shape index (κ1) is 36.4. The van der Waals surface area contributed by atoms with Crippen LogP contribution in [0.4, 0.5) is 14.0 Å². The van der Waals surface area contributed by atoms with Gasteiger partial charge in [0.05, 0.1) is 5.56 Å². The van der Waals surface area contributed by atoms with E-state index in [0.29, 0.717) is 29.5 Å². The number of nitrogens with one attached hydrogen (secondary N) is 4. The Morgan fingerprint density at radius 1 is 0.796 bits per heavy atom. The Labute approximate surface area is 284 Å². The summed E-state index contributed by atoms with van der Waals surface area (Å²) in [5.41, 5.74) is 2.36. The number of carbonyl (C=O) groups is 4. The Kier molecular flexibility index (Phi) is 11.3. The SMILES string of the molecule is CC(C)(C)OC(=O)NCCC[C@@H](CNC(=O)c1[nH]c2cc(-c3ccc(F)cc3)ccc2c1-c1ccc(C(=O)O)cc1)NC(=O)OC(C)(C)C. The Morgan fingerprint density at radius 2 is 1.39 bits per heavy atom. The van der Waals surface area contributed by atoms with Crippen molar-refractivity contribution in [2.75, 3.05) is 13.1 Å². The van der Waals surface area contributed by atoms with Gasteiger partial charge in [0.2, 0.25) is 0 Å². The van der Waals surface area contributed by atoms with E-state index in [9.17, 15) is 28.7 Å². The van der Waals surface area contributed by atoms with Gasteiger partial charge in [-0.25, -0.2) is 18.8 Å². The minimum Gasteiger partial charge on any atom is -0.478 e. The highest BCUT2D eigenvalue weighted by Gasteiger charge is 2.24. The molecule has 12 heteroatoms. The standard InChI is InChI=1S/C37H43FN4O7/c1-36(2,3)48-34(46)39-19-7-8-27(41-35(47)49-37(4,5)6)21-40-32(43)31-30(23-9-11-24(12-10-23)33(44)45)28-18-15-25(20-29(28)42-31)22-13-16-26(38)17-14-22/h9-18,20,27,42H,7-8,19,21H2,1-6H3,(H,39,46)(H,40,43)(H,41,47)(H,44,45)/t27-/m0/s1. The third kappa shape index (κ3) is 10.6. The summed E-state index contributed by atoms with van der Waals surface area (Å²) in [6.45, 7) is 10.9. The average molecular weight is 675 g/mol. The van der Waals surface area contributed by atoms with Gasteiger partial charge >= 0.3 is 18.2 Å². The van der Waals surface area contributed by atoms with E-state index in [4.69, 9.17) is 9.47 Å². The number of aromatic nitrogens is 1. The van der Waals surface area contributed by atoms with Gasteiger partial charge in [-0.1, -0.05) is 36.4 Å². The van der Waals surface area contributed by atoms with Crippen LogP contribution < -0.4 is 16.0 Å². The lowest BCUT2D eigenvalue weighted by molar-refractivity contribution is 0.0487. The molecule has 0 bridgehead atoms. The number of carboxylic acids is 1. The van der Waals surface area contributed by atoms with Crippen LogP contribution in [0.1, 0.15) is 75.2 Å². The fourth-order valence-electron chi connectivity index (χ4n) is 5.13. The zero-order chi connectivity index (χ0) is 35.9. The Balaban J connectivity index is 1.59. The molecule has 11 nitrogen and oxygen atoms in total. The summed E-state index contributed by atoms with van der Waals surface area (Å²) >= 11 is 0. The monoisotopic (exact) mass is 674 g/mol. The van der Waals surface area contributed by atoms with E-state index in [2.05, 4.69) is 20.9 Å². The third-order valence-electron chi connectivity index (χ3n) is 7.25. The number of hydrogen-bond acceptors (Lipinski definition) is 6. The molecule has 0 saturated heterocycles. The fraction of sp³-hybridized carbons (Fsp3) is 0.351. The highest BCUT2D eigenvalue weighted by Crippen LogP contribution is 2.35. The number of benzene rings is 3. The van der Waals surface area contributed by atoms with Gasteiger partial charge in [-0.15, -0.1) is 0 Å². The number of carboxylic acid groups (broad SMARTS) is 1. The molecule has 4 rings (SSSR count). The lowest BCUT2D eigenvalue weighted by Gasteiger charge is -2.24. The molecule has 4 aromatic rings. The molecule has 3 aromatic carbocycles. The van der Waals surface area contributed by atoms with Crippen molar-refractivity contribution in [1.82, 2.24) is 20.9 Å². The van der Waals surface area contributed by atoms with E-state index in [1.54, 1.807) is 65.8 Å². The molecule has 0 spiro atoms. The van der Waals surface area contributed by atoms with Gasteiger partial charge in [-0.3, -0.25) is 4.79 Å². The second-order valence-electron chi connectivity index (χ2n) is 13.6. The number of carbonyl (C=O) groups excluding carboxylic acids is 3. The van der Waals surface area contributed by atoms with Crippen molar-refractivity contribution < 1.29 is 38.1 Å². The van der Waals surface area contributed by atoms with E-state index < -0.39 is 41.3 Å². The maximum absolute atomic E-state index is 13.9. The van der Waals surface area contributed by atoms with Crippen LogP contribution in [0.2, 0.25) is 0 Å². The molecule has 49 heavy (non-hydrogen) atoms. The first-order valence-electron chi connectivity index (χ1n) is 16.0. The number of rotatable bonds is 11. The molecule has 260 valence electrons. The Hall–Kier alpha value is -5.39. The van der Waals surface area contributed by atoms with Crippen molar-refractivity contribution in [3.63, 3.8) is 0 Å². The summed E-state index contributed by atoms with van der Waals surface area (Å²) < 4.78 is 24.3. The van der Waals surface area contributed by atoms with Gasteiger partial charge in [-0.05, 0) is 101 Å². The maximum Gasteiger partial charge on any atom is 0.407 e. The van der Waals surface area contributed by atoms with Crippen LogP contribution in [0.5, 0.6) is 0 Å². The predicted molar refractivity (Wildman–Crippen MR) is 185 cm³/mol. The zero-order valence-electron chi connectivity index (χ0n) is 28.5. The third-order valence-corrected chi connectivity index (χ3v) is 7.25. The van der Waals surface area contributed by atoms with Crippen LogP contribution in [0.3, 0.4) is 0 Å². The topological polar surface area (TPSA) is 159 Å². The number of hydrogen-bond donors (Lipinski definition) is 5. The van der Waals surface area contributed by atoms with Gasteiger partial charge < -0.3 is 35.5 Å². The molecule has 1 heterocycles. The Morgan fingerprint density at radius 3 is 2.00 bits per heavy atom. The van der Waals surface area contributed by atoms with Crippen molar-refractivity contribution in [2.24, 2.45) is 0 Å². The summed E-state index contributed by atoms with van der Waals surface area (Å²) in [4.78, 5) is 53.3. The number of halogens is 1. The molecule has 0 aliphatic rings. The van der Waals surface area contributed by atoms with Crippen molar-refractivity contribution in [3.8, 4) is 22.3 Å². The highest BCUT2D eigenvalue weighted by atomic mass is 19.1. The van der Waals surface area contributed by atoms with Crippen LogP contribution in [0.25, 0.3) is 33.2 Å². The van der Waals surface area contributed by atoms with E-state index in [0.717, 1.165) is 16.5 Å². The molecular weight excluding hydrogens is 631 g/mol. The van der Waals surface area contributed by atoms with Gasteiger partial charge in [-0.2, -0.15) is 0 Å². The minimum atomic E-state index is -1.07. The van der Waals surface area contributed by atoms with Crippen LogP contribution in [-0.2, 0) is 9.47 Å². The number of ether oxygens (including phenoxy) is 2. The number of amides is 3. The second kappa shape index (κ2) is 15.2. The van der Waals surface area contributed by atoms with Crippen molar-refractivity contribution >= 4 is 35.0 Å². The van der Waals surface area contributed by atoms with Crippen molar-refractivity contribution in [2.45, 2.75) is 71.6 Å². The van der Waals surface area contributed by atoms with Gasteiger partial charge in [0.15, 0.2) is 0 Å². The first-order chi connectivity index (χ1) is 23.0. The number of fused-ring (bicyclic) bond motifs is 1. The molecule has 0 aliphatic carbocycles. The van der Waals surface area contributed by atoms with Gasteiger partial charge in [0.1, 0.15) is 22.7 Å². The van der Waals surface area contributed by atoms with Crippen LogP contribution >= 0.6 is 0 Å². The summed E-state index contributed by atoms with van der Waals surface area (Å²) in [6.07, 6.45) is -0.338. The van der Waals surface area contributed by atoms with Crippen LogP contribution in [0, 0.1) is 5.82 Å². The lowest BCUT2D eigenvalue weighted by atomic mass is 9.98. The zero-order valence-corrected chi connectivity index (χ0v) is 28.5. The average Bonchev–Trinajstić information content (AvgIpc) is 3.39. The predicted octanol–water partition coefficient (Wildman–Crippen LogP) is 7.27. The Bertz CT molecular complexity index is 1800. The summed E-state index contributed by atoms with van der Waals surface area (Å²) in [5.74, 6) is -1.88. The largest absolute Gasteiger partial charge is 0.478 e. The van der Waals surface area contributed by atoms with E-state index >= 15 is 0 Å². The normalized spacial score (nSPS) is 12.2. The molecule has 3 amide bonds. The second-order valence-corrected chi connectivity index (χ2v) is 13.6. The van der Waals surface area contributed by atoms with E-state index in [1.807, 2.05) is 18.2 Å². The number of aromatic carboxylic acids is 1. The summed E-state index contributed by atoms with van der Waals surface area (Å²) in [6, 6.07) is 17.3. The molecule has 0 aliphatic heterocycles. The van der Waals surface area contributed by atoms with Crippen LogP contribution in [0.15, 0.2) is 66.7 Å². The van der Waals surface area contributed by atoms with Crippen LogP contribution in [-0.4, -0.2) is 64.5 Å². The molecule has 1 atom stereocenters. The quantitative estimate of drug-likeness (QED) is 0.105. The van der Waals surface area contributed by atoms with E-state index in [1.165, 1.54) is 24.3 Å². The summed E-state index contributed by atoms with van der Waals surface area (Å²) in [5, 5.41) is 18.6. The maximum atomic E-state index is 13.9. The molecule has 0 fully saturated rings. The highest BCUT2D eigenvalue weighted by molar-refractivity contribution is 6.10. The number of alkyl carbamates (subject to hydrolysis) is 2.